The molecule has 0 saturated carbocycles. The van der Waals surface area contributed by atoms with Crippen LogP contribution in [0.3, 0.4) is 0 Å². The Bertz CT molecular complexity index is 703. The topological polar surface area (TPSA) is 82.2 Å². The summed E-state index contributed by atoms with van der Waals surface area (Å²) in [5.74, 6) is -1.31. The molecule has 3 N–H and O–H groups in total. The number of amides is 1. The number of H-pyrrole nitrogens is 1. The number of para-hydroxylation sites is 1. The molecule has 0 fully saturated rings. The van der Waals surface area contributed by atoms with Gasteiger partial charge < -0.3 is 15.4 Å². The predicted molar refractivity (Wildman–Crippen MR) is 85.7 cm³/mol. The van der Waals surface area contributed by atoms with Gasteiger partial charge >= 0.3 is 5.97 Å². The Labute approximate surface area is 129 Å². The molecule has 2 rings (SSSR count). The van der Waals surface area contributed by atoms with Crippen LogP contribution >= 0.6 is 0 Å². The third-order valence-electron chi connectivity index (χ3n) is 3.66. The van der Waals surface area contributed by atoms with Gasteiger partial charge in [-0.05, 0) is 31.4 Å². The van der Waals surface area contributed by atoms with E-state index in [0.29, 0.717) is 12.8 Å². The smallest absolute Gasteiger partial charge is 0.326 e. The van der Waals surface area contributed by atoms with Gasteiger partial charge in [0, 0.05) is 16.6 Å². The number of rotatable bonds is 7. The molecule has 1 aromatic heterocycles. The number of carboxylic acid groups (broad SMARTS) is 1. The first kappa shape index (κ1) is 15.8. The zero-order chi connectivity index (χ0) is 16.1. The molecular weight excluding hydrogens is 280 g/mol. The van der Waals surface area contributed by atoms with Crippen LogP contribution in [0.15, 0.2) is 36.9 Å². The quantitative estimate of drug-likeness (QED) is 0.687. The van der Waals surface area contributed by atoms with Crippen molar-refractivity contribution in [1.29, 1.82) is 0 Å². The number of hydrogen-bond acceptors (Lipinski definition) is 2. The van der Waals surface area contributed by atoms with Crippen molar-refractivity contribution in [1.82, 2.24) is 10.3 Å². The number of benzene rings is 1. The zero-order valence-electron chi connectivity index (χ0n) is 12.6. The number of carbonyl (C=O) groups excluding carboxylic acids is 1. The highest BCUT2D eigenvalue weighted by Gasteiger charge is 2.20. The van der Waals surface area contributed by atoms with Gasteiger partial charge in [0.15, 0.2) is 0 Å². The Kier molecular flexibility index (Phi) is 4.99. The Morgan fingerprint density at radius 1 is 1.41 bits per heavy atom. The number of aromatic nitrogens is 1. The van der Waals surface area contributed by atoms with Gasteiger partial charge in [0.25, 0.3) is 0 Å². The summed E-state index contributed by atoms with van der Waals surface area (Å²) in [5, 5.41) is 12.7. The van der Waals surface area contributed by atoms with E-state index < -0.39 is 12.0 Å². The molecule has 0 aliphatic carbocycles. The molecule has 0 spiro atoms. The number of aliphatic carboxylic acids is 1. The number of aryl methyl sites for hydroxylation is 1. The lowest BCUT2D eigenvalue weighted by atomic mass is 10.1. The van der Waals surface area contributed by atoms with Crippen molar-refractivity contribution >= 4 is 22.8 Å². The lowest BCUT2D eigenvalue weighted by Gasteiger charge is -2.13. The lowest BCUT2D eigenvalue weighted by Crippen LogP contribution is -2.41. The first-order valence-electron chi connectivity index (χ1n) is 7.22. The standard InChI is InChI=1S/C17H20N2O3/c1-3-4-8-15(17(21)22)19-16(20)10-13-11(2)18-14-9-6-5-7-12(13)14/h3,5-7,9,15,18H,1,4,8,10H2,2H3,(H,19,20)(H,21,22). The Balaban J connectivity index is 2.11. The second-order valence-electron chi connectivity index (χ2n) is 5.28. The van der Waals surface area contributed by atoms with Crippen LogP contribution in [-0.4, -0.2) is 28.0 Å². The summed E-state index contributed by atoms with van der Waals surface area (Å²) in [7, 11) is 0. The maximum absolute atomic E-state index is 12.2. The largest absolute Gasteiger partial charge is 0.480 e. The molecule has 1 amide bonds. The molecule has 1 heterocycles. The summed E-state index contributed by atoms with van der Waals surface area (Å²) in [6.07, 6.45) is 2.69. The highest BCUT2D eigenvalue weighted by molar-refractivity contribution is 5.91. The summed E-state index contributed by atoms with van der Waals surface area (Å²) in [6.45, 7) is 5.48. The minimum atomic E-state index is -1.02. The highest BCUT2D eigenvalue weighted by atomic mass is 16.4. The number of aromatic amines is 1. The van der Waals surface area contributed by atoms with Crippen LogP contribution < -0.4 is 5.32 Å². The number of carboxylic acids is 1. The molecule has 0 saturated heterocycles. The fraction of sp³-hybridized carbons (Fsp3) is 0.294. The monoisotopic (exact) mass is 300 g/mol. The molecule has 0 radical (unpaired) electrons. The predicted octanol–water partition coefficient (Wildman–Crippen LogP) is 2.55. The molecule has 22 heavy (non-hydrogen) atoms. The van der Waals surface area contributed by atoms with E-state index in [0.717, 1.165) is 22.2 Å². The van der Waals surface area contributed by atoms with Gasteiger partial charge in [0.1, 0.15) is 6.04 Å². The van der Waals surface area contributed by atoms with E-state index in [1.165, 1.54) is 0 Å². The first-order chi connectivity index (χ1) is 10.5. The number of allylic oxidation sites excluding steroid dienone is 1. The number of fused-ring (bicyclic) bond motifs is 1. The van der Waals surface area contributed by atoms with Crippen molar-refractivity contribution in [3.05, 3.63) is 48.2 Å². The summed E-state index contributed by atoms with van der Waals surface area (Å²) < 4.78 is 0. The van der Waals surface area contributed by atoms with Crippen molar-refractivity contribution in [2.45, 2.75) is 32.2 Å². The molecule has 5 nitrogen and oxygen atoms in total. The van der Waals surface area contributed by atoms with Crippen molar-refractivity contribution in [3.8, 4) is 0 Å². The maximum atomic E-state index is 12.2. The third kappa shape index (κ3) is 3.55. The Hall–Kier alpha value is -2.56. The normalized spacial score (nSPS) is 12.0. The van der Waals surface area contributed by atoms with Crippen LogP contribution in [0.4, 0.5) is 0 Å². The van der Waals surface area contributed by atoms with Gasteiger partial charge in [0.05, 0.1) is 6.42 Å². The molecule has 0 bridgehead atoms. The Morgan fingerprint density at radius 2 is 2.14 bits per heavy atom. The molecule has 1 unspecified atom stereocenters. The third-order valence-corrected chi connectivity index (χ3v) is 3.66. The maximum Gasteiger partial charge on any atom is 0.326 e. The fourth-order valence-electron chi connectivity index (χ4n) is 2.51. The van der Waals surface area contributed by atoms with Crippen molar-refractivity contribution in [2.24, 2.45) is 0 Å². The minimum Gasteiger partial charge on any atom is -0.480 e. The van der Waals surface area contributed by atoms with E-state index in [2.05, 4.69) is 16.9 Å². The van der Waals surface area contributed by atoms with E-state index in [1.807, 2.05) is 31.2 Å². The summed E-state index contributed by atoms with van der Waals surface area (Å²) >= 11 is 0. The van der Waals surface area contributed by atoms with Crippen molar-refractivity contribution < 1.29 is 14.7 Å². The lowest BCUT2D eigenvalue weighted by molar-refractivity contribution is -0.141. The molecule has 5 heteroatoms. The molecule has 0 aliphatic rings. The van der Waals surface area contributed by atoms with Gasteiger partial charge in [-0.2, -0.15) is 0 Å². The van der Waals surface area contributed by atoms with Gasteiger partial charge in [-0.15, -0.1) is 6.58 Å². The van der Waals surface area contributed by atoms with Crippen LogP contribution in [0.25, 0.3) is 10.9 Å². The van der Waals surface area contributed by atoms with E-state index in [9.17, 15) is 9.59 Å². The van der Waals surface area contributed by atoms with E-state index >= 15 is 0 Å². The average molecular weight is 300 g/mol. The molecule has 116 valence electrons. The summed E-state index contributed by atoms with van der Waals surface area (Å²) in [4.78, 5) is 26.6. The van der Waals surface area contributed by atoms with Crippen molar-refractivity contribution in [2.75, 3.05) is 0 Å². The van der Waals surface area contributed by atoms with Crippen LogP contribution in [0.1, 0.15) is 24.1 Å². The molecule has 2 aromatic rings. The van der Waals surface area contributed by atoms with E-state index in [4.69, 9.17) is 5.11 Å². The average Bonchev–Trinajstić information content (AvgIpc) is 2.79. The number of carbonyl (C=O) groups is 2. The minimum absolute atomic E-state index is 0.160. The molecule has 1 aromatic carbocycles. The van der Waals surface area contributed by atoms with E-state index in [1.54, 1.807) is 6.08 Å². The molecule has 1 atom stereocenters. The number of hydrogen-bond donors (Lipinski definition) is 3. The molecular formula is C17H20N2O3. The first-order valence-corrected chi connectivity index (χ1v) is 7.22. The van der Waals surface area contributed by atoms with Gasteiger partial charge in [-0.3, -0.25) is 4.79 Å². The van der Waals surface area contributed by atoms with Crippen LogP contribution in [0.2, 0.25) is 0 Å². The molecule has 0 aliphatic heterocycles. The van der Waals surface area contributed by atoms with Crippen LogP contribution in [0.5, 0.6) is 0 Å². The van der Waals surface area contributed by atoms with E-state index in [-0.39, 0.29) is 12.3 Å². The van der Waals surface area contributed by atoms with Gasteiger partial charge in [0.2, 0.25) is 5.91 Å². The second kappa shape index (κ2) is 6.93. The van der Waals surface area contributed by atoms with Gasteiger partial charge in [-0.1, -0.05) is 24.3 Å². The SMILES string of the molecule is C=CCCC(NC(=O)Cc1c(C)[nH]c2ccccc12)C(=O)O. The van der Waals surface area contributed by atoms with Crippen molar-refractivity contribution in [3.63, 3.8) is 0 Å². The highest BCUT2D eigenvalue weighted by Crippen LogP contribution is 2.22. The zero-order valence-corrected chi connectivity index (χ0v) is 12.6. The summed E-state index contributed by atoms with van der Waals surface area (Å²) in [5.41, 5.74) is 2.81. The fourth-order valence-corrected chi connectivity index (χ4v) is 2.51. The van der Waals surface area contributed by atoms with Gasteiger partial charge in [-0.25, -0.2) is 4.79 Å². The Morgan fingerprint density at radius 3 is 2.82 bits per heavy atom. The van der Waals surface area contributed by atoms with Crippen LogP contribution in [-0.2, 0) is 16.0 Å². The second-order valence-corrected chi connectivity index (χ2v) is 5.28. The van der Waals surface area contributed by atoms with Crippen LogP contribution in [0, 0.1) is 6.92 Å². The summed E-state index contributed by atoms with van der Waals surface area (Å²) in [6, 6.07) is 6.87. The number of nitrogens with one attached hydrogen (secondary N) is 2.